The van der Waals surface area contributed by atoms with Crippen LogP contribution in [-0.4, -0.2) is 62.0 Å². The summed E-state index contributed by atoms with van der Waals surface area (Å²) in [5.74, 6) is 0.564. The van der Waals surface area contributed by atoms with Gasteiger partial charge in [-0.25, -0.2) is 4.99 Å². The molecule has 0 bridgehead atoms. The van der Waals surface area contributed by atoms with Crippen LogP contribution in [0.5, 0.6) is 5.75 Å². The first-order valence-corrected chi connectivity index (χ1v) is 10.9. The summed E-state index contributed by atoms with van der Waals surface area (Å²) >= 11 is 1.54. The van der Waals surface area contributed by atoms with Gasteiger partial charge in [-0.05, 0) is 25.5 Å². The van der Waals surface area contributed by atoms with Crippen molar-refractivity contribution < 1.29 is 19.0 Å². The molecule has 0 atom stereocenters. The second-order valence-corrected chi connectivity index (χ2v) is 7.60. The first kappa shape index (κ1) is 21.5. The molecule has 0 unspecified atom stereocenters. The number of thiazole rings is 1. The second-order valence-electron chi connectivity index (χ2n) is 6.76. The Bertz CT molecular complexity index is 856. The number of methoxy groups -OCH3 is 1. The van der Waals surface area contributed by atoms with Crippen LogP contribution in [0, 0.1) is 0 Å². The number of esters is 1. The molecule has 29 heavy (non-hydrogen) atoms. The van der Waals surface area contributed by atoms with E-state index in [4.69, 9.17) is 19.2 Å². The number of ether oxygens (including phenoxy) is 3. The molecule has 0 radical (unpaired) electrons. The highest BCUT2D eigenvalue weighted by atomic mass is 32.1. The summed E-state index contributed by atoms with van der Waals surface area (Å²) < 4.78 is 18.0. The van der Waals surface area contributed by atoms with Crippen molar-refractivity contribution in [2.24, 2.45) is 4.99 Å². The average Bonchev–Trinajstić information content (AvgIpc) is 3.10. The molecule has 1 aliphatic rings. The van der Waals surface area contributed by atoms with Gasteiger partial charge < -0.3 is 18.8 Å². The minimum absolute atomic E-state index is 0.208. The summed E-state index contributed by atoms with van der Waals surface area (Å²) in [5.41, 5.74) is 1.77. The first-order valence-electron chi connectivity index (χ1n) is 10.0. The lowest BCUT2D eigenvalue weighted by molar-refractivity contribution is -0.142. The summed E-state index contributed by atoms with van der Waals surface area (Å²) in [6, 6.07) is 7.68. The van der Waals surface area contributed by atoms with Crippen molar-refractivity contribution in [3.63, 3.8) is 0 Å². The van der Waals surface area contributed by atoms with E-state index in [-0.39, 0.29) is 12.4 Å². The molecule has 0 spiro atoms. The largest absolute Gasteiger partial charge is 0.497 e. The van der Waals surface area contributed by atoms with Crippen molar-refractivity contribution >= 4 is 23.0 Å². The van der Waals surface area contributed by atoms with Crippen LogP contribution < -0.4 is 9.54 Å². The number of benzene rings is 1. The summed E-state index contributed by atoms with van der Waals surface area (Å²) in [7, 11) is 1.65. The Morgan fingerprint density at radius 2 is 2.10 bits per heavy atom. The maximum absolute atomic E-state index is 12.0. The van der Waals surface area contributed by atoms with Gasteiger partial charge in [0.25, 0.3) is 0 Å². The Kier molecular flexibility index (Phi) is 8.27. The fourth-order valence-electron chi connectivity index (χ4n) is 3.26. The van der Waals surface area contributed by atoms with Crippen molar-refractivity contribution in [2.75, 3.05) is 46.6 Å². The lowest BCUT2D eigenvalue weighted by atomic mass is 10.3. The van der Waals surface area contributed by atoms with Gasteiger partial charge in [-0.3, -0.25) is 9.69 Å². The molecule has 0 amide bonds. The Labute approximate surface area is 175 Å². The summed E-state index contributed by atoms with van der Waals surface area (Å²) in [5, 5.41) is 2.00. The Balaban J connectivity index is 1.79. The number of morpholine rings is 1. The van der Waals surface area contributed by atoms with E-state index in [1.807, 2.05) is 36.6 Å². The van der Waals surface area contributed by atoms with Gasteiger partial charge in [0.2, 0.25) is 0 Å². The molecular weight excluding hydrogens is 390 g/mol. The van der Waals surface area contributed by atoms with Gasteiger partial charge in [0.1, 0.15) is 5.75 Å². The highest BCUT2D eigenvalue weighted by Gasteiger charge is 2.13. The number of carbonyl (C=O) groups is 1. The zero-order valence-corrected chi connectivity index (χ0v) is 18.0. The van der Waals surface area contributed by atoms with Gasteiger partial charge >= 0.3 is 5.97 Å². The molecule has 2 aromatic rings. The number of hydrogen-bond donors (Lipinski definition) is 0. The highest BCUT2D eigenvalue weighted by molar-refractivity contribution is 7.07. The smallest absolute Gasteiger partial charge is 0.311 e. The van der Waals surface area contributed by atoms with Crippen LogP contribution >= 0.6 is 11.3 Å². The highest BCUT2D eigenvalue weighted by Crippen LogP contribution is 2.19. The van der Waals surface area contributed by atoms with E-state index in [2.05, 4.69) is 9.47 Å². The quantitative estimate of drug-likeness (QED) is 0.585. The topological polar surface area (TPSA) is 65.3 Å². The Morgan fingerprint density at radius 1 is 1.28 bits per heavy atom. The molecular formula is C21H29N3O4S. The van der Waals surface area contributed by atoms with Gasteiger partial charge in [0.15, 0.2) is 4.80 Å². The third-order valence-electron chi connectivity index (χ3n) is 4.75. The minimum Gasteiger partial charge on any atom is -0.497 e. The molecule has 0 saturated carbocycles. The van der Waals surface area contributed by atoms with Crippen LogP contribution in [0.1, 0.15) is 19.0 Å². The van der Waals surface area contributed by atoms with Crippen molar-refractivity contribution in [3.8, 4) is 5.75 Å². The number of rotatable bonds is 9. The van der Waals surface area contributed by atoms with Crippen LogP contribution in [0.2, 0.25) is 0 Å². The molecule has 1 aliphatic heterocycles. The number of aromatic nitrogens is 1. The van der Waals surface area contributed by atoms with Crippen LogP contribution in [0.15, 0.2) is 34.6 Å². The third kappa shape index (κ3) is 6.42. The normalized spacial score (nSPS) is 15.4. The summed E-state index contributed by atoms with van der Waals surface area (Å²) in [6.07, 6.45) is 1.24. The number of nitrogens with zero attached hydrogens (tertiary/aromatic N) is 3. The number of carbonyl (C=O) groups excluding carboxylic acids is 1. The molecule has 1 saturated heterocycles. The third-order valence-corrected chi connectivity index (χ3v) is 5.66. The monoisotopic (exact) mass is 419 g/mol. The fourth-order valence-corrected chi connectivity index (χ4v) is 4.21. The zero-order valence-electron chi connectivity index (χ0n) is 17.1. The maximum atomic E-state index is 12.0. The molecule has 158 valence electrons. The van der Waals surface area contributed by atoms with Gasteiger partial charge in [-0.2, -0.15) is 0 Å². The molecule has 1 aromatic heterocycles. The molecule has 1 fully saturated rings. The van der Waals surface area contributed by atoms with Gasteiger partial charge in [0, 0.05) is 43.3 Å². The fraction of sp³-hybridized carbons (Fsp3) is 0.524. The van der Waals surface area contributed by atoms with E-state index >= 15 is 0 Å². The van der Waals surface area contributed by atoms with E-state index in [0.29, 0.717) is 6.61 Å². The van der Waals surface area contributed by atoms with Crippen LogP contribution in [0.3, 0.4) is 0 Å². The van der Waals surface area contributed by atoms with Crippen molar-refractivity contribution in [1.82, 2.24) is 9.47 Å². The van der Waals surface area contributed by atoms with E-state index < -0.39 is 0 Å². The zero-order chi connectivity index (χ0) is 20.5. The maximum Gasteiger partial charge on any atom is 0.311 e. The predicted molar refractivity (Wildman–Crippen MR) is 113 cm³/mol. The van der Waals surface area contributed by atoms with E-state index in [1.165, 1.54) is 0 Å². The molecule has 1 aromatic carbocycles. The predicted octanol–water partition coefficient (Wildman–Crippen LogP) is 2.62. The standard InChI is InChI=1S/C21H29N3O4S/c1-3-28-20(25)15-18-16-29-21(22-17-6-4-7-19(14-17)26-2)24(18)9-5-8-23-10-12-27-13-11-23/h4,6-7,14,16H,3,5,8-13,15H2,1-2H3. The van der Waals surface area contributed by atoms with Crippen LogP contribution in [0.25, 0.3) is 0 Å². The van der Waals surface area contributed by atoms with Crippen LogP contribution in [-0.2, 0) is 27.2 Å². The molecule has 7 nitrogen and oxygen atoms in total. The lowest BCUT2D eigenvalue weighted by Gasteiger charge is -2.26. The second kappa shape index (κ2) is 11.1. The van der Waals surface area contributed by atoms with E-state index in [1.54, 1.807) is 18.4 Å². The van der Waals surface area contributed by atoms with Crippen LogP contribution in [0.4, 0.5) is 5.69 Å². The van der Waals surface area contributed by atoms with Gasteiger partial charge in [-0.15, -0.1) is 11.3 Å². The number of hydrogen-bond acceptors (Lipinski definition) is 7. The molecule has 3 rings (SSSR count). The SMILES string of the molecule is CCOC(=O)Cc1csc(=Nc2cccc(OC)c2)n1CCCN1CCOCC1. The van der Waals surface area contributed by atoms with E-state index in [0.717, 1.165) is 67.7 Å². The van der Waals surface area contributed by atoms with Gasteiger partial charge in [-0.1, -0.05) is 6.07 Å². The Morgan fingerprint density at radius 3 is 2.86 bits per heavy atom. The summed E-state index contributed by atoms with van der Waals surface area (Å²) in [6.45, 7) is 7.58. The molecule has 0 N–H and O–H groups in total. The van der Waals surface area contributed by atoms with Crippen molar-refractivity contribution in [1.29, 1.82) is 0 Å². The molecule has 8 heteroatoms. The lowest BCUT2D eigenvalue weighted by Crippen LogP contribution is -2.37. The minimum atomic E-state index is -0.208. The van der Waals surface area contributed by atoms with Gasteiger partial charge in [0.05, 0.1) is 39.0 Å². The first-order chi connectivity index (χ1) is 14.2. The molecule has 0 aliphatic carbocycles. The van der Waals surface area contributed by atoms with E-state index in [9.17, 15) is 4.79 Å². The molecule has 2 heterocycles. The van der Waals surface area contributed by atoms with Crippen molar-refractivity contribution in [3.05, 3.63) is 40.1 Å². The average molecular weight is 420 g/mol. The summed E-state index contributed by atoms with van der Waals surface area (Å²) in [4.78, 5) is 20.1. The van der Waals surface area contributed by atoms with Crippen molar-refractivity contribution in [2.45, 2.75) is 26.3 Å². The Hall–Kier alpha value is -2.16.